The molecule has 1 fully saturated rings. The lowest BCUT2D eigenvalue weighted by Gasteiger charge is -2.29. The first-order valence-electron chi connectivity index (χ1n) is 14.2. The van der Waals surface area contributed by atoms with E-state index in [0.29, 0.717) is 82.8 Å². The molecule has 2 heterocycles. The van der Waals surface area contributed by atoms with Crippen LogP contribution in [0.2, 0.25) is 10.0 Å². The van der Waals surface area contributed by atoms with Crippen LogP contribution in [0.5, 0.6) is 0 Å². The van der Waals surface area contributed by atoms with Crippen molar-refractivity contribution in [2.24, 2.45) is 0 Å². The normalized spacial score (nSPS) is 13.3. The third-order valence-corrected chi connectivity index (χ3v) is 8.11. The van der Waals surface area contributed by atoms with Crippen molar-refractivity contribution < 1.29 is 9.59 Å². The fraction of sp³-hybridized carbons (Fsp3) is 0.265. The van der Waals surface area contributed by atoms with Crippen LogP contribution < -0.4 is 10.6 Å². The summed E-state index contributed by atoms with van der Waals surface area (Å²) in [5.41, 5.74) is 5.34. The monoisotopic (exact) mass is 600 g/mol. The highest BCUT2D eigenvalue weighted by Crippen LogP contribution is 2.36. The fourth-order valence-corrected chi connectivity index (χ4v) is 6.24. The summed E-state index contributed by atoms with van der Waals surface area (Å²) in [5.74, 6) is -0.337. The summed E-state index contributed by atoms with van der Waals surface area (Å²) in [5, 5.41) is 7.26. The third-order valence-electron chi connectivity index (χ3n) is 7.68. The number of carbonyl (C=O) groups is 2. The molecule has 1 aromatic heterocycles. The van der Waals surface area contributed by atoms with E-state index in [1.54, 1.807) is 30.0 Å². The number of aryl methyl sites for hydroxylation is 2. The molecule has 0 atom stereocenters. The molecule has 42 heavy (non-hydrogen) atoms. The van der Waals surface area contributed by atoms with Crippen LogP contribution in [0.15, 0.2) is 78.9 Å². The first kappa shape index (κ1) is 29.8. The Morgan fingerprint density at radius 3 is 1.98 bits per heavy atom. The third kappa shape index (κ3) is 6.67. The van der Waals surface area contributed by atoms with Crippen molar-refractivity contribution in [3.63, 3.8) is 0 Å². The number of pyridine rings is 1. The van der Waals surface area contributed by atoms with Crippen LogP contribution in [0.4, 0.5) is 0 Å². The Labute approximate surface area is 257 Å². The topological polar surface area (TPSA) is 74.3 Å². The predicted molar refractivity (Wildman–Crippen MR) is 170 cm³/mol. The van der Waals surface area contributed by atoms with Crippen molar-refractivity contribution in [2.75, 3.05) is 32.7 Å². The van der Waals surface area contributed by atoms with E-state index in [0.717, 1.165) is 0 Å². The second-order valence-corrected chi connectivity index (χ2v) is 11.4. The second-order valence-electron chi connectivity index (χ2n) is 10.5. The zero-order valence-corrected chi connectivity index (χ0v) is 25.3. The van der Waals surface area contributed by atoms with E-state index < -0.39 is 0 Å². The molecule has 0 radical (unpaired) electrons. The Morgan fingerprint density at radius 1 is 0.857 bits per heavy atom. The number of benzene rings is 3. The van der Waals surface area contributed by atoms with Crippen molar-refractivity contribution >= 4 is 35.0 Å². The minimum absolute atomic E-state index is 0.112. The van der Waals surface area contributed by atoms with Crippen LogP contribution in [-0.2, 0) is 0 Å². The number of piperazine rings is 1. The number of amides is 2. The molecule has 0 spiro atoms. The summed E-state index contributed by atoms with van der Waals surface area (Å²) in [6.45, 7) is 6.60. The van der Waals surface area contributed by atoms with E-state index in [2.05, 4.69) is 39.9 Å². The Kier molecular flexibility index (Phi) is 9.58. The molecule has 1 aliphatic heterocycles. The van der Waals surface area contributed by atoms with Gasteiger partial charge in [-0.1, -0.05) is 83.9 Å². The summed E-state index contributed by atoms with van der Waals surface area (Å²) in [7, 11) is 0. The van der Waals surface area contributed by atoms with Crippen LogP contribution >= 0.6 is 23.2 Å². The molecule has 6 nitrogen and oxygen atoms in total. The lowest BCUT2D eigenvalue weighted by Crippen LogP contribution is -2.46. The molecular formula is C34H34Cl2N4O2. The molecule has 8 heteroatoms. The van der Waals surface area contributed by atoms with Gasteiger partial charge >= 0.3 is 0 Å². The number of hydrogen-bond acceptors (Lipinski definition) is 4. The van der Waals surface area contributed by atoms with E-state index in [-0.39, 0.29) is 17.7 Å². The lowest BCUT2D eigenvalue weighted by atomic mass is 9.88. The van der Waals surface area contributed by atoms with Gasteiger partial charge in [0.15, 0.2) is 0 Å². The largest absolute Gasteiger partial charge is 0.352 e. The lowest BCUT2D eigenvalue weighted by molar-refractivity contribution is 0.0735. The Hall–Kier alpha value is -3.71. The predicted octanol–water partition coefficient (Wildman–Crippen LogP) is 6.67. The molecule has 5 rings (SSSR count). The Balaban J connectivity index is 1.51. The molecule has 4 aromatic rings. The van der Waals surface area contributed by atoms with Crippen LogP contribution in [0, 0.1) is 13.8 Å². The Bertz CT molecular complexity index is 1510. The van der Waals surface area contributed by atoms with Gasteiger partial charge in [0.1, 0.15) is 0 Å². The number of rotatable bonds is 8. The minimum Gasteiger partial charge on any atom is -0.352 e. The number of hydrogen-bond donors (Lipinski definition) is 2. The van der Waals surface area contributed by atoms with Crippen molar-refractivity contribution in [3.05, 3.63) is 123 Å². The van der Waals surface area contributed by atoms with Crippen molar-refractivity contribution in [2.45, 2.75) is 26.2 Å². The maximum Gasteiger partial charge on any atom is 0.256 e. The molecule has 3 aromatic carbocycles. The van der Waals surface area contributed by atoms with Crippen molar-refractivity contribution in [1.29, 1.82) is 0 Å². The van der Waals surface area contributed by atoms with Crippen molar-refractivity contribution in [3.8, 4) is 11.1 Å². The first-order chi connectivity index (χ1) is 20.3. The van der Waals surface area contributed by atoms with Gasteiger partial charge in [0, 0.05) is 54.3 Å². The molecule has 0 saturated carbocycles. The van der Waals surface area contributed by atoms with Crippen molar-refractivity contribution in [1.82, 2.24) is 20.5 Å². The SMILES string of the molecule is Cc1nc(C)c(C(=O)N2CCNCC2)c(-c2cc(Cl)cc(Cl)c2)c1C(=O)NCCC(c1ccccc1)c1ccccc1. The van der Waals surface area contributed by atoms with E-state index in [1.165, 1.54) is 11.1 Å². The quantitative estimate of drug-likeness (QED) is 0.237. The van der Waals surface area contributed by atoms with E-state index in [1.807, 2.05) is 43.3 Å². The van der Waals surface area contributed by atoms with Crippen LogP contribution in [-0.4, -0.2) is 54.4 Å². The van der Waals surface area contributed by atoms with Gasteiger partial charge in [-0.3, -0.25) is 14.6 Å². The maximum absolute atomic E-state index is 14.0. The van der Waals surface area contributed by atoms with Gasteiger partial charge in [0.2, 0.25) is 0 Å². The van der Waals surface area contributed by atoms with Gasteiger partial charge in [-0.05, 0) is 55.2 Å². The van der Waals surface area contributed by atoms with E-state index >= 15 is 0 Å². The number of aromatic nitrogens is 1. The van der Waals surface area contributed by atoms with Crippen LogP contribution in [0.1, 0.15) is 55.6 Å². The number of nitrogens with one attached hydrogen (secondary N) is 2. The van der Waals surface area contributed by atoms with Gasteiger partial charge in [0.25, 0.3) is 11.8 Å². The summed E-state index contributed by atoms with van der Waals surface area (Å²) in [6, 6.07) is 25.7. The molecule has 2 N–H and O–H groups in total. The molecular weight excluding hydrogens is 567 g/mol. The van der Waals surface area contributed by atoms with Gasteiger partial charge < -0.3 is 15.5 Å². The van der Waals surface area contributed by atoms with Gasteiger partial charge in [-0.2, -0.15) is 0 Å². The van der Waals surface area contributed by atoms with Gasteiger partial charge in [-0.15, -0.1) is 0 Å². The van der Waals surface area contributed by atoms with Gasteiger partial charge in [-0.25, -0.2) is 0 Å². The minimum atomic E-state index is -0.291. The molecule has 0 unspecified atom stereocenters. The first-order valence-corrected chi connectivity index (χ1v) is 14.9. The molecule has 2 amide bonds. The average Bonchev–Trinajstić information content (AvgIpc) is 2.99. The highest BCUT2D eigenvalue weighted by molar-refractivity contribution is 6.35. The molecule has 1 saturated heterocycles. The zero-order chi connectivity index (χ0) is 29.6. The van der Waals surface area contributed by atoms with Crippen LogP contribution in [0.3, 0.4) is 0 Å². The number of carbonyl (C=O) groups excluding carboxylic acids is 2. The molecule has 0 aliphatic carbocycles. The highest BCUT2D eigenvalue weighted by atomic mass is 35.5. The number of halogens is 2. The fourth-order valence-electron chi connectivity index (χ4n) is 5.72. The molecule has 1 aliphatic rings. The van der Waals surface area contributed by atoms with E-state index in [9.17, 15) is 9.59 Å². The highest BCUT2D eigenvalue weighted by Gasteiger charge is 2.30. The van der Waals surface area contributed by atoms with E-state index in [4.69, 9.17) is 23.2 Å². The second kappa shape index (κ2) is 13.5. The summed E-state index contributed by atoms with van der Waals surface area (Å²) >= 11 is 12.8. The molecule has 0 bridgehead atoms. The molecule has 216 valence electrons. The Morgan fingerprint density at radius 2 is 1.40 bits per heavy atom. The van der Waals surface area contributed by atoms with Gasteiger partial charge in [0.05, 0.1) is 22.5 Å². The smallest absolute Gasteiger partial charge is 0.256 e. The standard InChI is InChI=1S/C34H34Cl2N4O2/c1-22-30(33(41)38-14-13-29(24-9-5-3-6-10-24)25-11-7-4-8-12-25)32(26-19-27(35)21-28(36)20-26)31(23(2)39-22)34(42)40-17-15-37-16-18-40/h3-12,19-21,29,37H,13-18H2,1-2H3,(H,38,41). The maximum atomic E-state index is 14.0. The zero-order valence-electron chi connectivity index (χ0n) is 23.8. The summed E-state index contributed by atoms with van der Waals surface area (Å²) in [6.07, 6.45) is 0.697. The average molecular weight is 602 g/mol. The summed E-state index contributed by atoms with van der Waals surface area (Å²) < 4.78 is 0. The van der Waals surface area contributed by atoms with Crippen LogP contribution in [0.25, 0.3) is 11.1 Å². The summed E-state index contributed by atoms with van der Waals surface area (Å²) in [4.78, 5) is 34.4. The number of nitrogens with zero attached hydrogens (tertiary/aromatic N) is 2.